The average molecular weight is 316 g/mol. The van der Waals surface area contributed by atoms with Crippen LogP contribution in [0.2, 0.25) is 0 Å². The van der Waals surface area contributed by atoms with Crippen molar-refractivity contribution in [1.82, 2.24) is 18.8 Å². The molecule has 0 radical (unpaired) electrons. The van der Waals surface area contributed by atoms with Crippen molar-refractivity contribution in [3.8, 4) is 0 Å². The van der Waals surface area contributed by atoms with E-state index in [9.17, 15) is 8.42 Å². The molecule has 8 heteroatoms. The number of hydrogen-bond donors (Lipinski definition) is 0. The molecular formula is C12H20N4O2S2. The summed E-state index contributed by atoms with van der Waals surface area (Å²) >= 11 is 1.72. The van der Waals surface area contributed by atoms with E-state index in [-0.39, 0.29) is 0 Å². The summed E-state index contributed by atoms with van der Waals surface area (Å²) < 4.78 is 27.0. The van der Waals surface area contributed by atoms with Gasteiger partial charge in [0.15, 0.2) is 0 Å². The Morgan fingerprint density at radius 1 is 1.05 bits per heavy atom. The third-order valence-corrected chi connectivity index (χ3v) is 7.16. The van der Waals surface area contributed by atoms with Gasteiger partial charge in [-0.2, -0.15) is 17.0 Å². The van der Waals surface area contributed by atoms with Crippen LogP contribution in [0.3, 0.4) is 0 Å². The van der Waals surface area contributed by atoms with E-state index in [0.29, 0.717) is 24.9 Å². The van der Waals surface area contributed by atoms with Crippen LogP contribution in [0.1, 0.15) is 47.5 Å². The van der Waals surface area contributed by atoms with Crippen molar-refractivity contribution in [2.75, 3.05) is 27.2 Å². The summed E-state index contributed by atoms with van der Waals surface area (Å²) in [5, 5.41) is 10.9. The Morgan fingerprint density at radius 2 is 1.55 bits per heavy atom. The Labute approximate surface area is 124 Å². The Hall–Kier alpha value is -0.570. The number of rotatable bonds is 4. The number of piperidine rings is 1. The van der Waals surface area contributed by atoms with Gasteiger partial charge < -0.3 is 0 Å². The van der Waals surface area contributed by atoms with Gasteiger partial charge in [0.2, 0.25) is 0 Å². The highest BCUT2D eigenvalue weighted by Gasteiger charge is 2.33. The van der Waals surface area contributed by atoms with Gasteiger partial charge >= 0.3 is 0 Å². The molecule has 0 N–H and O–H groups in total. The summed E-state index contributed by atoms with van der Waals surface area (Å²) in [6, 6.07) is 0. The lowest BCUT2D eigenvalue weighted by atomic mass is 9.99. The molecule has 0 amide bonds. The van der Waals surface area contributed by atoms with Crippen LogP contribution in [0.15, 0.2) is 0 Å². The van der Waals surface area contributed by atoms with Crippen molar-refractivity contribution < 1.29 is 8.42 Å². The second kappa shape index (κ2) is 5.32. The van der Waals surface area contributed by atoms with Gasteiger partial charge in [0, 0.05) is 39.0 Å². The maximum Gasteiger partial charge on any atom is 0.281 e. The van der Waals surface area contributed by atoms with Crippen LogP contribution in [-0.2, 0) is 10.2 Å². The van der Waals surface area contributed by atoms with Crippen LogP contribution < -0.4 is 0 Å². The topological polar surface area (TPSA) is 66.4 Å². The number of aromatic nitrogens is 2. The van der Waals surface area contributed by atoms with Crippen molar-refractivity contribution in [1.29, 1.82) is 0 Å². The van der Waals surface area contributed by atoms with Gasteiger partial charge in [-0.05, 0) is 25.7 Å². The minimum atomic E-state index is -3.27. The largest absolute Gasteiger partial charge is 0.281 e. The molecule has 2 fully saturated rings. The Bertz CT molecular complexity index is 572. The first-order chi connectivity index (χ1) is 9.48. The molecule has 112 valence electrons. The molecule has 1 aliphatic carbocycles. The summed E-state index contributed by atoms with van der Waals surface area (Å²) in [5.41, 5.74) is 0. The maximum absolute atomic E-state index is 12.1. The van der Waals surface area contributed by atoms with Crippen molar-refractivity contribution in [3.05, 3.63) is 10.0 Å². The lowest BCUT2D eigenvalue weighted by molar-refractivity contribution is 0.301. The van der Waals surface area contributed by atoms with Crippen molar-refractivity contribution in [2.24, 2.45) is 0 Å². The van der Waals surface area contributed by atoms with Crippen molar-refractivity contribution in [2.45, 2.75) is 37.5 Å². The molecule has 1 saturated heterocycles. The van der Waals surface area contributed by atoms with Gasteiger partial charge in [-0.1, -0.05) is 0 Å². The monoisotopic (exact) mass is 316 g/mol. The smallest absolute Gasteiger partial charge is 0.195 e. The average Bonchev–Trinajstić information content (AvgIpc) is 3.16. The van der Waals surface area contributed by atoms with E-state index in [0.717, 1.165) is 17.8 Å². The highest BCUT2D eigenvalue weighted by Crippen LogP contribution is 2.43. The molecule has 1 aromatic rings. The predicted molar refractivity (Wildman–Crippen MR) is 78.0 cm³/mol. The minimum absolute atomic E-state index is 0.369. The summed E-state index contributed by atoms with van der Waals surface area (Å²) in [6.45, 7) is 1.15. The lowest BCUT2D eigenvalue weighted by Crippen LogP contribution is -2.44. The molecule has 2 aliphatic rings. The number of nitrogens with zero attached hydrogens (tertiary/aromatic N) is 4. The Morgan fingerprint density at radius 3 is 2.00 bits per heavy atom. The highest BCUT2D eigenvalue weighted by atomic mass is 32.2. The second-order valence-electron chi connectivity index (χ2n) is 5.72. The third-order valence-electron chi connectivity index (χ3n) is 3.97. The zero-order chi connectivity index (χ0) is 14.3. The third kappa shape index (κ3) is 2.74. The van der Waals surface area contributed by atoms with E-state index in [4.69, 9.17) is 0 Å². The van der Waals surface area contributed by atoms with Crippen LogP contribution >= 0.6 is 11.3 Å². The van der Waals surface area contributed by atoms with Gasteiger partial charge in [0.1, 0.15) is 10.0 Å². The molecule has 20 heavy (non-hydrogen) atoms. The van der Waals surface area contributed by atoms with E-state index < -0.39 is 10.2 Å². The molecule has 1 aliphatic heterocycles. The second-order valence-corrected chi connectivity index (χ2v) is 8.90. The zero-order valence-corrected chi connectivity index (χ0v) is 13.5. The Kier molecular flexibility index (Phi) is 3.83. The lowest BCUT2D eigenvalue weighted by Gasteiger charge is -2.31. The molecule has 0 atom stereocenters. The number of hydrogen-bond acceptors (Lipinski definition) is 5. The minimum Gasteiger partial charge on any atom is -0.195 e. The van der Waals surface area contributed by atoms with Crippen LogP contribution in [0.4, 0.5) is 0 Å². The van der Waals surface area contributed by atoms with Crippen molar-refractivity contribution in [3.63, 3.8) is 0 Å². The van der Waals surface area contributed by atoms with Gasteiger partial charge in [-0.25, -0.2) is 0 Å². The molecule has 0 aromatic carbocycles. The molecule has 0 bridgehead atoms. The molecule has 1 saturated carbocycles. The van der Waals surface area contributed by atoms with Gasteiger partial charge in [-0.15, -0.1) is 21.5 Å². The molecule has 0 spiro atoms. The quantitative estimate of drug-likeness (QED) is 0.842. The van der Waals surface area contributed by atoms with E-state index in [1.807, 2.05) is 0 Å². The van der Waals surface area contributed by atoms with E-state index in [1.54, 1.807) is 29.7 Å². The molecule has 3 rings (SSSR count). The molecule has 6 nitrogen and oxygen atoms in total. The first-order valence-electron chi connectivity index (χ1n) is 6.99. The molecule has 1 aromatic heterocycles. The van der Waals surface area contributed by atoms with Crippen LogP contribution in [0, 0.1) is 0 Å². The molecular weight excluding hydrogens is 296 g/mol. The summed E-state index contributed by atoms with van der Waals surface area (Å²) in [6.07, 6.45) is 4.17. The highest BCUT2D eigenvalue weighted by molar-refractivity contribution is 7.86. The van der Waals surface area contributed by atoms with Crippen LogP contribution in [0.5, 0.6) is 0 Å². The fraction of sp³-hybridized carbons (Fsp3) is 0.833. The maximum atomic E-state index is 12.1. The zero-order valence-electron chi connectivity index (χ0n) is 11.8. The van der Waals surface area contributed by atoms with E-state index >= 15 is 0 Å². The standard InChI is InChI=1S/C12H20N4O2S2/c1-15(2)20(17,18)16-7-5-10(6-8-16)12-14-13-11(19-12)9-3-4-9/h9-10H,3-8H2,1-2H3. The van der Waals surface area contributed by atoms with E-state index in [1.165, 1.54) is 22.2 Å². The van der Waals surface area contributed by atoms with Crippen LogP contribution in [-0.4, -0.2) is 54.4 Å². The SMILES string of the molecule is CN(C)S(=O)(=O)N1CCC(c2nnc(C3CC3)s2)CC1. The van der Waals surface area contributed by atoms with E-state index in [2.05, 4.69) is 10.2 Å². The molecule has 2 heterocycles. The first-order valence-corrected chi connectivity index (χ1v) is 9.20. The summed E-state index contributed by atoms with van der Waals surface area (Å²) in [7, 11) is -0.115. The summed E-state index contributed by atoms with van der Waals surface area (Å²) in [5.74, 6) is 1.02. The first kappa shape index (κ1) is 14.4. The Balaban J connectivity index is 1.63. The van der Waals surface area contributed by atoms with Gasteiger partial charge in [-0.3, -0.25) is 0 Å². The predicted octanol–water partition coefficient (Wildman–Crippen LogP) is 1.40. The fourth-order valence-electron chi connectivity index (χ4n) is 2.47. The van der Waals surface area contributed by atoms with Gasteiger partial charge in [0.05, 0.1) is 0 Å². The normalized spacial score (nSPS) is 22.6. The fourth-order valence-corrected chi connectivity index (χ4v) is 4.79. The van der Waals surface area contributed by atoms with Crippen LogP contribution in [0.25, 0.3) is 0 Å². The molecule has 0 unspecified atom stereocenters. The summed E-state index contributed by atoms with van der Waals surface area (Å²) in [4.78, 5) is 0. The van der Waals surface area contributed by atoms with Gasteiger partial charge in [0.25, 0.3) is 10.2 Å². The van der Waals surface area contributed by atoms with Crippen molar-refractivity contribution >= 4 is 21.5 Å².